The number of nitro benzene ring substituents is 1. The van der Waals surface area contributed by atoms with E-state index in [1.54, 1.807) is 12.1 Å². The van der Waals surface area contributed by atoms with Crippen molar-refractivity contribution in [2.24, 2.45) is 0 Å². The number of rotatable bonds is 5. The molecule has 1 atom stereocenters. The molecular formula is C18H19N3O3. The van der Waals surface area contributed by atoms with Crippen molar-refractivity contribution in [3.63, 3.8) is 0 Å². The highest BCUT2D eigenvalue weighted by molar-refractivity contribution is 5.92. The van der Waals surface area contributed by atoms with E-state index in [2.05, 4.69) is 17.4 Å². The molecule has 0 fully saturated rings. The van der Waals surface area contributed by atoms with E-state index in [-0.39, 0.29) is 24.2 Å². The fourth-order valence-corrected chi connectivity index (χ4v) is 3.23. The third-order valence-corrected chi connectivity index (χ3v) is 4.37. The molecule has 0 aliphatic heterocycles. The van der Waals surface area contributed by atoms with Gasteiger partial charge in [0.25, 0.3) is 5.69 Å². The van der Waals surface area contributed by atoms with Crippen molar-refractivity contribution >= 4 is 17.3 Å². The molecule has 0 bridgehead atoms. The van der Waals surface area contributed by atoms with Gasteiger partial charge in [-0.3, -0.25) is 19.8 Å². The van der Waals surface area contributed by atoms with Gasteiger partial charge in [0.05, 0.1) is 11.5 Å². The molecule has 1 aliphatic rings. The molecule has 0 saturated carbocycles. The second kappa shape index (κ2) is 6.80. The zero-order chi connectivity index (χ0) is 17.1. The Balaban J connectivity index is 1.63. The summed E-state index contributed by atoms with van der Waals surface area (Å²) >= 11 is 0. The number of anilines is 1. The molecule has 0 radical (unpaired) electrons. The summed E-state index contributed by atoms with van der Waals surface area (Å²) in [7, 11) is 1.93. The number of benzene rings is 2. The fraction of sp³-hybridized carbons (Fsp3) is 0.278. The number of likely N-dealkylation sites (N-methyl/N-ethyl adjacent to an activating group) is 1. The number of hydrogen-bond acceptors (Lipinski definition) is 4. The SMILES string of the molecule is CN(CC(=O)Nc1cccc([N+](=O)[O-])c1)C1CCc2ccccc21. The van der Waals surface area contributed by atoms with Gasteiger partial charge in [-0.2, -0.15) is 0 Å². The molecule has 0 aromatic heterocycles. The summed E-state index contributed by atoms with van der Waals surface area (Å²) in [4.78, 5) is 24.6. The molecule has 2 aromatic carbocycles. The standard InChI is InChI=1S/C18H19N3O3/c1-20(17-10-9-13-5-2-3-8-16(13)17)12-18(22)19-14-6-4-7-15(11-14)21(23)24/h2-8,11,17H,9-10,12H2,1H3,(H,19,22). The summed E-state index contributed by atoms with van der Waals surface area (Å²) in [5.41, 5.74) is 3.02. The summed E-state index contributed by atoms with van der Waals surface area (Å²) in [6, 6.07) is 14.5. The summed E-state index contributed by atoms with van der Waals surface area (Å²) in [6.45, 7) is 0.238. The van der Waals surface area contributed by atoms with Gasteiger partial charge in [0, 0.05) is 23.9 Å². The van der Waals surface area contributed by atoms with Crippen LogP contribution in [-0.2, 0) is 11.2 Å². The van der Waals surface area contributed by atoms with Gasteiger partial charge >= 0.3 is 0 Å². The molecule has 1 aliphatic carbocycles. The summed E-state index contributed by atoms with van der Waals surface area (Å²) in [5, 5.41) is 13.5. The molecule has 0 heterocycles. The van der Waals surface area contributed by atoms with Gasteiger partial charge in [0.15, 0.2) is 0 Å². The average molecular weight is 325 g/mol. The minimum absolute atomic E-state index is 0.0362. The van der Waals surface area contributed by atoms with Crippen LogP contribution in [0.25, 0.3) is 0 Å². The highest BCUT2D eigenvalue weighted by atomic mass is 16.6. The molecule has 0 saturated heterocycles. The first-order chi connectivity index (χ1) is 11.5. The summed E-state index contributed by atoms with van der Waals surface area (Å²) in [5.74, 6) is -0.178. The van der Waals surface area contributed by atoms with E-state index in [1.807, 2.05) is 24.1 Å². The number of nitrogens with zero attached hydrogens (tertiary/aromatic N) is 2. The van der Waals surface area contributed by atoms with Gasteiger partial charge in [0.2, 0.25) is 5.91 Å². The smallest absolute Gasteiger partial charge is 0.271 e. The van der Waals surface area contributed by atoms with Crippen molar-refractivity contribution < 1.29 is 9.72 Å². The number of aryl methyl sites for hydroxylation is 1. The van der Waals surface area contributed by atoms with Crippen molar-refractivity contribution in [2.45, 2.75) is 18.9 Å². The van der Waals surface area contributed by atoms with Gasteiger partial charge in [-0.15, -0.1) is 0 Å². The fourth-order valence-electron chi connectivity index (χ4n) is 3.23. The van der Waals surface area contributed by atoms with Gasteiger partial charge in [-0.25, -0.2) is 0 Å². The lowest BCUT2D eigenvalue weighted by Gasteiger charge is -2.24. The molecule has 3 rings (SSSR count). The van der Waals surface area contributed by atoms with Crippen LogP contribution < -0.4 is 5.32 Å². The predicted octanol–water partition coefficient (Wildman–Crippen LogP) is 3.15. The Bertz CT molecular complexity index is 776. The van der Waals surface area contributed by atoms with Crippen LogP contribution in [0.15, 0.2) is 48.5 Å². The number of non-ortho nitro benzene ring substituents is 1. The molecule has 1 unspecified atom stereocenters. The zero-order valence-corrected chi connectivity index (χ0v) is 13.4. The van der Waals surface area contributed by atoms with Gasteiger partial charge in [-0.05, 0) is 37.1 Å². The Morgan fingerprint density at radius 2 is 2.08 bits per heavy atom. The summed E-state index contributed by atoms with van der Waals surface area (Å²) in [6.07, 6.45) is 2.03. The number of carbonyl (C=O) groups excluding carboxylic acids is 1. The van der Waals surface area contributed by atoms with Crippen LogP contribution in [0.3, 0.4) is 0 Å². The third-order valence-electron chi connectivity index (χ3n) is 4.37. The van der Waals surface area contributed by atoms with Crippen LogP contribution in [0.4, 0.5) is 11.4 Å². The van der Waals surface area contributed by atoms with Crippen LogP contribution in [0, 0.1) is 10.1 Å². The lowest BCUT2D eigenvalue weighted by atomic mass is 10.1. The van der Waals surface area contributed by atoms with Crippen LogP contribution in [0.2, 0.25) is 0 Å². The maximum absolute atomic E-state index is 12.3. The van der Waals surface area contributed by atoms with Crippen LogP contribution in [-0.4, -0.2) is 29.3 Å². The first-order valence-corrected chi connectivity index (χ1v) is 7.87. The maximum Gasteiger partial charge on any atom is 0.271 e. The average Bonchev–Trinajstić information content (AvgIpc) is 2.99. The zero-order valence-electron chi connectivity index (χ0n) is 13.4. The number of fused-ring (bicyclic) bond motifs is 1. The van der Waals surface area contributed by atoms with E-state index < -0.39 is 4.92 Å². The third kappa shape index (κ3) is 3.44. The number of carbonyl (C=O) groups is 1. The minimum atomic E-state index is -0.475. The van der Waals surface area contributed by atoms with Crippen molar-refractivity contribution in [3.8, 4) is 0 Å². The van der Waals surface area contributed by atoms with E-state index in [0.29, 0.717) is 5.69 Å². The molecule has 6 heteroatoms. The second-order valence-corrected chi connectivity index (χ2v) is 6.02. The van der Waals surface area contributed by atoms with Crippen molar-refractivity contribution in [2.75, 3.05) is 18.9 Å². The quantitative estimate of drug-likeness (QED) is 0.677. The molecule has 0 spiro atoms. The Hall–Kier alpha value is -2.73. The van der Waals surface area contributed by atoms with Crippen molar-refractivity contribution in [1.82, 2.24) is 4.90 Å². The Morgan fingerprint density at radius 1 is 1.29 bits per heavy atom. The van der Waals surface area contributed by atoms with E-state index in [1.165, 1.54) is 23.3 Å². The highest BCUT2D eigenvalue weighted by Crippen LogP contribution is 2.34. The summed E-state index contributed by atoms with van der Waals surface area (Å²) < 4.78 is 0. The topological polar surface area (TPSA) is 75.5 Å². The lowest BCUT2D eigenvalue weighted by molar-refractivity contribution is -0.384. The second-order valence-electron chi connectivity index (χ2n) is 6.02. The lowest BCUT2D eigenvalue weighted by Crippen LogP contribution is -2.32. The molecular weight excluding hydrogens is 306 g/mol. The molecule has 1 N–H and O–H groups in total. The first kappa shape index (κ1) is 16.1. The molecule has 124 valence electrons. The minimum Gasteiger partial charge on any atom is -0.325 e. The van der Waals surface area contributed by atoms with Gasteiger partial charge in [-0.1, -0.05) is 30.3 Å². The number of hydrogen-bond donors (Lipinski definition) is 1. The van der Waals surface area contributed by atoms with E-state index in [9.17, 15) is 14.9 Å². The van der Waals surface area contributed by atoms with E-state index >= 15 is 0 Å². The molecule has 24 heavy (non-hydrogen) atoms. The van der Waals surface area contributed by atoms with E-state index in [4.69, 9.17) is 0 Å². The predicted molar refractivity (Wildman–Crippen MR) is 91.9 cm³/mol. The first-order valence-electron chi connectivity index (χ1n) is 7.87. The van der Waals surface area contributed by atoms with E-state index in [0.717, 1.165) is 12.8 Å². The largest absolute Gasteiger partial charge is 0.325 e. The van der Waals surface area contributed by atoms with Crippen molar-refractivity contribution in [1.29, 1.82) is 0 Å². The van der Waals surface area contributed by atoms with Crippen molar-refractivity contribution in [3.05, 3.63) is 69.8 Å². The number of nitro groups is 1. The van der Waals surface area contributed by atoms with Gasteiger partial charge < -0.3 is 5.32 Å². The molecule has 6 nitrogen and oxygen atoms in total. The van der Waals surface area contributed by atoms with Crippen LogP contribution >= 0.6 is 0 Å². The van der Waals surface area contributed by atoms with Crippen LogP contribution in [0.5, 0.6) is 0 Å². The maximum atomic E-state index is 12.3. The number of amides is 1. The number of nitrogens with one attached hydrogen (secondary N) is 1. The molecule has 1 amide bonds. The molecule has 2 aromatic rings. The van der Waals surface area contributed by atoms with Gasteiger partial charge in [0.1, 0.15) is 0 Å². The highest BCUT2D eigenvalue weighted by Gasteiger charge is 2.26. The Labute approximate surface area is 140 Å². The Morgan fingerprint density at radius 3 is 2.88 bits per heavy atom. The Kier molecular flexibility index (Phi) is 4.57. The van der Waals surface area contributed by atoms with Crippen LogP contribution in [0.1, 0.15) is 23.6 Å². The monoisotopic (exact) mass is 325 g/mol. The normalized spacial score (nSPS) is 16.0.